The molecule has 0 bridgehead atoms. The van der Waals surface area contributed by atoms with E-state index in [1.807, 2.05) is 0 Å². The number of amides is 2. The van der Waals surface area contributed by atoms with Crippen molar-refractivity contribution in [3.05, 3.63) is 59.2 Å². The fourth-order valence-electron chi connectivity index (χ4n) is 2.72. The second-order valence-electron chi connectivity index (χ2n) is 5.28. The Kier molecular flexibility index (Phi) is 3.87. The first-order valence-corrected chi connectivity index (χ1v) is 6.99. The number of ether oxygens (including phenoxy) is 1. The number of rotatable bonds is 3. The van der Waals surface area contributed by atoms with E-state index in [0.717, 1.165) is 23.3 Å². The van der Waals surface area contributed by atoms with Gasteiger partial charge in [0.25, 0.3) is 0 Å². The van der Waals surface area contributed by atoms with Crippen LogP contribution in [0.3, 0.4) is 0 Å². The molecule has 23 heavy (non-hydrogen) atoms. The highest BCUT2D eigenvalue weighted by Gasteiger charge is 2.29. The Morgan fingerprint density at radius 3 is 2.57 bits per heavy atom. The van der Waals surface area contributed by atoms with Crippen molar-refractivity contribution < 1.29 is 23.5 Å². The van der Waals surface area contributed by atoms with Gasteiger partial charge in [0.1, 0.15) is 11.5 Å². The Balaban J connectivity index is 1.82. The van der Waals surface area contributed by atoms with Gasteiger partial charge >= 0.3 is 6.03 Å². The van der Waals surface area contributed by atoms with Crippen LogP contribution < -0.4 is 10.5 Å². The van der Waals surface area contributed by atoms with Crippen molar-refractivity contribution in [3.63, 3.8) is 0 Å². The minimum atomic E-state index is -0.985. The summed E-state index contributed by atoms with van der Waals surface area (Å²) in [5.74, 6) is -1.29. The molecule has 1 unspecified atom stereocenters. The molecule has 0 radical (unpaired) electrons. The highest BCUT2D eigenvalue weighted by atomic mass is 19.2. The molecule has 0 aromatic heterocycles. The Hall–Kier alpha value is -2.67. The summed E-state index contributed by atoms with van der Waals surface area (Å²) in [7, 11) is 0. The van der Waals surface area contributed by atoms with Gasteiger partial charge in [-0.15, -0.1) is 0 Å². The van der Waals surface area contributed by atoms with Gasteiger partial charge in [-0.1, -0.05) is 6.07 Å². The average Bonchev–Trinajstić information content (AvgIpc) is 2.93. The van der Waals surface area contributed by atoms with Crippen LogP contribution in [-0.2, 0) is 6.42 Å². The molecule has 0 aliphatic heterocycles. The summed E-state index contributed by atoms with van der Waals surface area (Å²) >= 11 is 0. The van der Waals surface area contributed by atoms with E-state index in [2.05, 4.69) is 0 Å². The number of halogens is 2. The van der Waals surface area contributed by atoms with Crippen LogP contribution >= 0.6 is 0 Å². The molecule has 5 nitrogen and oxygen atoms in total. The normalized spacial score (nSPS) is 16.0. The lowest BCUT2D eigenvalue weighted by Crippen LogP contribution is -2.35. The van der Waals surface area contributed by atoms with Crippen molar-refractivity contribution in [1.82, 2.24) is 5.06 Å². The molecule has 1 aliphatic carbocycles. The third kappa shape index (κ3) is 2.95. The van der Waals surface area contributed by atoms with Gasteiger partial charge in [0.15, 0.2) is 11.6 Å². The zero-order valence-electron chi connectivity index (χ0n) is 12.0. The molecule has 0 fully saturated rings. The molecule has 2 aromatic rings. The van der Waals surface area contributed by atoms with E-state index < -0.39 is 23.7 Å². The summed E-state index contributed by atoms with van der Waals surface area (Å²) in [6.45, 7) is 0. The molecule has 0 heterocycles. The van der Waals surface area contributed by atoms with Gasteiger partial charge in [0.2, 0.25) is 0 Å². The second-order valence-corrected chi connectivity index (χ2v) is 5.28. The lowest BCUT2D eigenvalue weighted by atomic mass is 10.1. The van der Waals surface area contributed by atoms with E-state index >= 15 is 0 Å². The molecule has 3 N–H and O–H groups in total. The summed E-state index contributed by atoms with van der Waals surface area (Å²) in [5, 5.41) is 10.2. The number of hydrogen-bond acceptors (Lipinski definition) is 3. The number of primary amides is 1. The highest BCUT2D eigenvalue weighted by Crippen LogP contribution is 2.37. The maximum atomic E-state index is 13.2. The molecular formula is C16H14F2N2O3. The first-order valence-electron chi connectivity index (χ1n) is 6.99. The maximum Gasteiger partial charge on any atom is 0.339 e. The number of hydrogen-bond donors (Lipinski definition) is 2. The fourth-order valence-corrected chi connectivity index (χ4v) is 2.72. The number of aryl methyl sites for hydroxylation is 1. The minimum absolute atomic E-state index is 0.180. The van der Waals surface area contributed by atoms with Crippen LogP contribution in [0, 0.1) is 11.6 Å². The van der Waals surface area contributed by atoms with Crippen LogP contribution in [0.15, 0.2) is 36.4 Å². The first-order chi connectivity index (χ1) is 11.0. The Labute approximate surface area is 130 Å². The van der Waals surface area contributed by atoms with Gasteiger partial charge in [-0.25, -0.2) is 13.6 Å². The average molecular weight is 320 g/mol. The summed E-state index contributed by atoms with van der Waals surface area (Å²) < 4.78 is 31.6. The fraction of sp³-hybridized carbons (Fsp3) is 0.188. The van der Waals surface area contributed by atoms with Crippen molar-refractivity contribution in [2.75, 3.05) is 0 Å². The number of carbonyl (C=O) groups excluding carboxylic acids is 1. The lowest BCUT2D eigenvalue weighted by molar-refractivity contribution is -0.0757. The number of fused-ring (bicyclic) bond motifs is 1. The van der Waals surface area contributed by atoms with E-state index in [9.17, 15) is 18.8 Å². The van der Waals surface area contributed by atoms with E-state index in [4.69, 9.17) is 10.5 Å². The quantitative estimate of drug-likeness (QED) is 0.671. The highest BCUT2D eigenvalue weighted by molar-refractivity contribution is 5.71. The van der Waals surface area contributed by atoms with Crippen LogP contribution in [-0.4, -0.2) is 16.3 Å². The maximum absolute atomic E-state index is 13.2. The van der Waals surface area contributed by atoms with Gasteiger partial charge in [0, 0.05) is 6.07 Å². The zero-order valence-corrected chi connectivity index (χ0v) is 12.0. The molecule has 0 saturated heterocycles. The molecule has 2 amide bonds. The largest absolute Gasteiger partial charge is 0.457 e. The van der Waals surface area contributed by atoms with Crippen LogP contribution in [0.4, 0.5) is 13.6 Å². The third-order valence-electron chi connectivity index (χ3n) is 3.81. The number of carbonyl (C=O) groups is 1. The molecule has 7 heteroatoms. The van der Waals surface area contributed by atoms with Crippen molar-refractivity contribution in [1.29, 1.82) is 0 Å². The van der Waals surface area contributed by atoms with E-state index in [1.54, 1.807) is 18.2 Å². The molecule has 3 rings (SSSR count). The van der Waals surface area contributed by atoms with Crippen LogP contribution in [0.2, 0.25) is 0 Å². The van der Waals surface area contributed by atoms with Gasteiger partial charge in [0.05, 0.1) is 6.04 Å². The first kappa shape index (κ1) is 15.2. The zero-order chi connectivity index (χ0) is 16.6. The number of benzene rings is 2. The molecule has 1 aliphatic rings. The molecule has 0 saturated carbocycles. The molecule has 2 aromatic carbocycles. The third-order valence-corrected chi connectivity index (χ3v) is 3.81. The predicted octanol–water partition coefficient (Wildman–Crippen LogP) is 3.51. The monoisotopic (exact) mass is 320 g/mol. The lowest BCUT2D eigenvalue weighted by Gasteiger charge is -2.20. The second kappa shape index (κ2) is 5.85. The number of nitrogens with zero attached hydrogens (tertiary/aromatic N) is 1. The van der Waals surface area contributed by atoms with E-state index in [-0.39, 0.29) is 5.75 Å². The topological polar surface area (TPSA) is 75.8 Å². The number of hydroxylamine groups is 2. The Bertz CT molecular complexity index is 767. The SMILES string of the molecule is NC(=O)N(O)C1CCc2cc(Oc3ccc(F)c(F)c3)ccc21. The Morgan fingerprint density at radius 2 is 1.87 bits per heavy atom. The van der Waals surface area contributed by atoms with Gasteiger partial charge < -0.3 is 10.5 Å². The van der Waals surface area contributed by atoms with Gasteiger partial charge in [-0.05, 0) is 48.2 Å². The standard InChI is InChI=1S/C16H14F2N2O3/c17-13-5-3-11(8-14(13)18)23-10-2-4-12-9(7-10)1-6-15(12)20(22)16(19)21/h2-5,7-8,15,22H,1,6H2,(H2,19,21). The van der Waals surface area contributed by atoms with Crippen molar-refractivity contribution in [2.24, 2.45) is 5.73 Å². The summed E-state index contributed by atoms with van der Waals surface area (Å²) in [6, 6.07) is 6.98. The summed E-state index contributed by atoms with van der Waals surface area (Å²) in [4.78, 5) is 11.1. The van der Waals surface area contributed by atoms with Crippen molar-refractivity contribution in [3.8, 4) is 11.5 Å². The van der Waals surface area contributed by atoms with Crippen molar-refractivity contribution >= 4 is 6.03 Å². The van der Waals surface area contributed by atoms with Gasteiger partial charge in [-0.2, -0.15) is 5.06 Å². The van der Waals surface area contributed by atoms with Crippen LogP contribution in [0.25, 0.3) is 0 Å². The van der Waals surface area contributed by atoms with Gasteiger partial charge in [-0.3, -0.25) is 5.21 Å². The summed E-state index contributed by atoms with van der Waals surface area (Å²) in [5.41, 5.74) is 6.76. The smallest absolute Gasteiger partial charge is 0.339 e. The molecule has 1 atom stereocenters. The predicted molar refractivity (Wildman–Crippen MR) is 77.1 cm³/mol. The molecule has 120 valence electrons. The molecular weight excluding hydrogens is 306 g/mol. The van der Waals surface area contributed by atoms with Crippen molar-refractivity contribution in [2.45, 2.75) is 18.9 Å². The van der Waals surface area contributed by atoms with E-state index in [1.165, 1.54) is 6.07 Å². The molecule has 0 spiro atoms. The minimum Gasteiger partial charge on any atom is -0.457 e. The number of nitrogens with two attached hydrogens (primary N) is 1. The number of urea groups is 1. The van der Waals surface area contributed by atoms with Crippen LogP contribution in [0.5, 0.6) is 11.5 Å². The Morgan fingerprint density at radius 1 is 1.17 bits per heavy atom. The van der Waals surface area contributed by atoms with E-state index in [0.29, 0.717) is 23.7 Å². The van der Waals surface area contributed by atoms with Crippen LogP contribution in [0.1, 0.15) is 23.6 Å². The summed E-state index contributed by atoms with van der Waals surface area (Å²) in [6.07, 6.45) is 1.18.